The minimum atomic E-state index is -1.06. The van der Waals surface area contributed by atoms with Crippen LogP contribution in [-0.2, 0) is 22.7 Å². The SMILES string of the molecule is CNC(=O)c1ccc(Oc2ccc(CN3CCC4(CC3)C(=O)N[C@H]([C@H](O)C3CCCCC3)C(=O)N4Cc3ccc[n+]([O-])c3)cc2)cc1. The number of rotatable bonds is 9. The van der Waals surface area contributed by atoms with E-state index in [1.165, 1.54) is 12.4 Å². The fourth-order valence-corrected chi connectivity index (χ4v) is 7.28. The molecule has 0 unspecified atom stereocenters. The van der Waals surface area contributed by atoms with Crippen LogP contribution in [0, 0.1) is 11.1 Å². The van der Waals surface area contributed by atoms with Crippen LogP contribution in [0.25, 0.3) is 0 Å². The van der Waals surface area contributed by atoms with E-state index in [-0.39, 0.29) is 30.2 Å². The minimum absolute atomic E-state index is 0.0253. The monoisotopic (exact) mass is 641 g/mol. The van der Waals surface area contributed by atoms with Gasteiger partial charge in [-0.3, -0.25) is 19.3 Å². The quantitative estimate of drug-likeness (QED) is 0.241. The number of ether oxygens (including phenoxy) is 1. The molecule has 3 aliphatic rings. The molecule has 3 N–H and O–H groups in total. The van der Waals surface area contributed by atoms with Gasteiger partial charge < -0.3 is 30.6 Å². The molecule has 0 radical (unpaired) electrons. The van der Waals surface area contributed by atoms with Crippen molar-refractivity contribution in [3.8, 4) is 11.5 Å². The van der Waals surface area contributed by atoms with E-state index >= 15 is 0 Å². The van der Waals surface area contributed by atoms with Crippen LogP contribution in [0.1, 0.15) is 66.4 Å². The van der Waals surface area contributed by atoms with E-state index in [0.717, 1.165) is 37.7 Å². The summed E-state index contributed by atoms with van der Waals surface area (Å²) in [4.78, 5) is 43.8. The number of benzene rings is 2. The summed E-state index contributed by atoms with van der Waals surface area (Å²) in [5, 5.41) is 28.9. The lowest BCUT2D eigenvalue weighted by Gasteiger charge is -2.52. The molecule has 11 nitrogen and oxygen atoms in total. The van der Waals surface area contributed by atoms with Gasteiger partial charge in [0.25, 0.3) is 5.91 Å². The molecule has 248 valence electrons. The minimum Gasteiger partial charge on any atom is -0.619 e. The normalized spacial score (nSPS) is 20.9. The Kier molecular flexibility index (Phi) is 9.74. The standard InChI is InChI=1S/C36H43N5O6/c1-37-33(43)28-11-15-30(16-12-28)47-29-13-9-25(10-14-29)22-39-20-17-36(18-21-39)35(45)38-31(32(42)27-7-3-2-4-8-27)34(44)41(36)24-26-6-5-19-40(46)23-26/h5-6,9-16,19,23,27,31-32,42H,2-4,7-8,17-18,20-22,24H2,1H3,(H,37,43)(H,38,45)/t31-,32-/m1/s1. The molecule has 3 amide bonds. The maximum Gasteiger partial charge on any atom is 0.251 e. The first-order chi connectivity index (χ1) is 22.8. The Bertz CT molecular complexity index is 1570. The van der Waals surface area contributed by atoms with Gasteiger partial charge in [-0.1, -0.05) is 31.4 Å². The Balaban J connectivity index is 1.12. The molecule has 1 spiro atoms. The van der Waals surface area contributed by atoms with Crippen LogP contribution in [0.4, 0.5) is 0 Å². The summed E-state index contributed by atoms with van der Waals surface area (Å²) < 4.78 is 6.66. The first kappa shape index (κ1) is 32.5. The van der Waals surface area contributed by atoms with Gasteiger partial charge >= 0.3 is 0 Å². The molecule has 3 heterocycles. The molecule has 1 aliphatic carbocycles. The number of piperazine rings is 1. The number of likely N-dealkylation sites (tertiary alicyclic amines) is 1. The third kappa shape index (κ3) is 7.11. The van der Waals surface area contributed by atoms with Crippen molar-refractivity contribution >= 4 is 17.7 Å². The number of carbonyl (C=O) groups is 3. The highest BCUT2D eigenvalue weighted by atomic mass is 16.5. The fraction of sp³-hybridized carbons (Fsp3) is 0.444. The number of hydrogen-bond acceptors (Lipinski definition) is 7. The topological polar surface area (TPSA) is 138 Å². The molecule has 3 fully saturated rings. The largest absolute Gasteiger partial charge is 0.619 e. The lowest BCUT2D eigenvalue weighted by molar-refractivity contribution is -0.605. The number of aliphatic hydroxyl groups excluding tert-OH is 1. The fourth-order valence-electron chi connectivity index (χ4n) is 7.28. The summed E-state index contributed by atoms with van der Waals surface area (Å²) in [5.74, 6) is 0.619. The van der Waals surface area contributed by atoms with Gasteiger partial charge in [0.2, 0.25) is 11.8 Å². The molecule has 1 saturated carbocycles. The van der Waals surface area contributed by atoms with Crippen LogP contribution >= 0.6 is 0 Å². The third-order valence-corrected chi connectivity index (χ3v) is 10.0. The number of nitrogens with zero attached hydrogens (tertiary/aromatic N) is 3. The van der Waals surface area contributed by atoms with Gasteiger partial charge in [-0.15, -0.1) is 0 Å². The first-order valence-corrected chi connectivity index (χ1v) is 16.6. The van der Waals surface area contributed by atoms with Crippen molar-refractivity contribution in [3.63, 3.8) is 0 Å². The van der Waals surface area contributed by atoms with Crippen molar-refractivity contribution in [3.05, 3.63) is 95.0 Å². The highest BCUT2D eigenvalue weighted by Crippen LogP contribution is 2.37. The second kappa shape index (κ2) is 14.1. The van der Waals surface area contributed by atoms with Gasteiger partial charge in [-0.2, -0.15) is 4.73 Å². The lowest BCUT2D eigenvalue weighted by atomic mass is 9.77. The van der Waals surface area contributed by atoms with Crippen LogP contribution in [0.3, 0.4) is 0 Å². The second-order valence-corrected chi connectivity index (χ2v) is 13.0. The second-order valence-electron chi connectivity index (χ2n) is 13.0. The van der Waals surface area contributed by atoms with Crippen LogP contribution in [0.15, 0.2) is 73.1 Å². The lowest BCUT2D eigenvalue weighted by Crippen LogP contribution is -2.74. The third-order valence-electron chi connectivity index (χ3n) is 10.0. The molecular formula is C36H43N5O6. The van der Waals surface area contributed by atoms with Gasteiger partial charge in [0, 0.05) is 43.9 Å². The zero-order valence-electron chi connectivity index (χ0n) is 26.8. The Morgan fingerprint density at radius 2 is 1.66 bits per heavy atom. The highest BCUT2D eigenvalue weighted by molar-refractivity contribution is 6.00. The van der Waals surface area contributed by atoms with Crippen LogP contribution < -0.4 is 20.1 Å². The Morgan fingerprint density at radius 3 is 2.30 bits per heavy atom. The van der Waals surface area contributed by atoms with Gasteiger partial charge in [0.1, 0.15) is 23.1 Å². The molecule has 11 heteroatoms. The van der Waals surface area contributed by atoms with Gasteiger partial charge in [-0.05, 0) is 79.6 Å². The van der Waals surface area contributed by atoms with Crippen molar-refractivity contribution in [2.75, 3.05) is 20.1 Å². The Labute approximate surface area is 275 Å². The summed E-state index contributed by atoms with van der Waals surface area (Å²) in [7, 11) is 1.59. The molecule has 3 aromatic rings. The molecule has 2 aliphatic heterocycles. The molecule has 2 aromatic carbocycles. The highest BCUT2D eigenvalue weighted by Gasteiger charge is 2.55. The Hall–Kier alpha value is -4.48. The first-order valence-electron chi connectivity index (χ1n) is 16.6. The smallest absolute Gasteiger partial charge is 0.251 e. The van der Waals surface area contributed by atoms with Gasteiger partial charge in [-0.25, -0.2) is 0 Å². The van der Waals surface area contributed by atoms with E-state index < -0.39 is 17.7 Å². The maximum atomic E-state index is 14.1. The predicted octanol–water partition coefficient (Wildman–Crippen LogP) is 3.27. The molecule has 1 aromatic heterocycles. The molecule has 2 saturated heterocycles. The van der Waals surface area contributed by atoms with Crippen molar-refractivity contribution < 1.29 is 29.0 Å². The summed E-state index contributed by atoms with van der Waals surface area (Å²) in [6.07, 6.45) is 7.59. The van der Waals surface area contributed by atoms with E-state index in [0.29, 0.717) is 59.8 Å². The van der Waals surface area contributed by atoms with E-state index in [1.54, 1.807) is 48.3 Å². The Morgan fingerprint density at radius 1 is 1.00 bits per heavy atom. The predicted molar refractivity (Wildman–Crippen MR) is 174 cm³/mol. The number of amides is 3. The summed E-state index contributed by atoms with van der Waals surface area (Å²) in [6.45, 7) is 1.99. The van der Waals surface area contributed by atoms with E-state index in [9.17, 15) is 24.7 Å². The van der Waals surface area contributed by atoms with Crippen LogP contribution in [-0.4, -0.2) is 70.4 Å². The molecule has 47 heavy (non-hydrogen) atoms. The molecule has 0 bridgehead atoms. The summed E-state index contributed by atoms with van der Waals surface area (Å²) >= 11 is 0. The maximum absolute atomic E-state index is 14.1. The van der Waals surface area contributed by atoms with Crippen molar-refractivity contribution in [1.29, 1.82) is 0 Å². The molecular weight excluding hydrogens is 598 g/mol. The zero-order chi connectivity index (χ0) is 33.0. The van der Waals surface area contributed by atoms with Crippen molar-refractivity contribution in [2.45, 2.75) is 75.7 Å². The molecule has 2 atom stereocenters. The van der Waals surface area contributed by atoms with E-state index in [2.05, 4.69) is 15.5 Å². The van der Waals surface area contributed by atoms with Gasteiger partial charge in [0.05, 0.1) is 12.6 Å². The van der Waals surface area contributed by atoms with E-state index in [4.69, 9.17) is 4.74 Å². The number of piperidine rings is 1. The number of carbonyl (C=O) groups excluding carboxylic acids is 3. The van der Waals surface area contributed by atoms with Gasteiger partial charge in [0.15, 0.2) is 12.4 Å². The zero-order valence-corrected chi connectivity index (χ0v) is 26.8. The molecule has 6 rings (SSSR count). The number of hydrogen-bond donors (Lipinski definition) is 3. The average Bonchev–Trinajstić information content (AvgIpc) is 3.10. The number of pyridine rings is 1. The number of nitrogens with one attached hydrogen (secondary N) is 2. The summed E-state index contributed by atoms with van der Waals surface area (Å²) in [5.41, 5.74) is 1.22. The summed E-state index contributed by atoms with van der Waals surface area (Å²) in [6, 6.07) is 17.2. The van der Waals surface area contributed by atoms with Crippen LogP contribution in [0.2, 0.25) is 0 Å². The van der Waals surface area contributed by atoms with Crippen LogP contribution in [0.5, 0.6) is 11.5 Å². The average molecular weight is 642 g/mol. The number of aliphatic hydroxyl groups is 1. The van der Waals surface area contributed by atoms with Crippen molar-refractivity contribution in [2.24, 2.45) is 5.92 Å². The van der Waals surface area contributed by atoms with Crippen molar-refractivity contribution in [1.82, 2.24) is 20.4 Å². The number of aromatic nitrogens is 1. The van der Waals surface area contributed by atoms with E-state index in [1.807, 2.05) is 24.3 Å².